The molecule has 1 saturated heterocycles. The van der Waals surface area contributed by atoms with Crippen molar-refractivity contribution in [1.82, 2.24) is 0 Å². The lowest BCUT2D eigenvalue weighted by Gasteiger charge is -2.43. The third-order valence-corrected chi connectivity index (χ3v) is 5.51. The van der Waals surface area contributed by atoms with Crippen molar-refractivity contribution in [2.24, 2.45) is 0 Å². The van der Waals surface area contributed by atoms with Crippen molar-refractivity contribution >= 4 is 32.0 Å². The number of ether oxygens (including phenoxy) is 6. The minimum atomic E-state index is -1.55. The molecular formula is C25H32O10Si. The van der Waals surface area contributed by atoms with E-state index < -0.39 is 62.7 Å². The van der Waals surface area contributed by atoms with Crippen LogP contribution in [0.4, 0.5) is 0 Å². The van der Waals surface area contributed by atoms with Gasteiger partial charge in [0.05, 0.1) is 0 Å². The van der Waals surface area contributed by atoms with Crippen LogP contribution in [0.3, 0.4) is 0 Å². The Balaban J connectivity index is 2.40. The summed E-state index contributed by atoms with van der Waals surface area (Å²) in [5.41, 5.74) is 4.07. The van der Waals surface area contributed by atoms with Crippen LogP contribution >= 0.6 is 0 Å². The first kappa shape index (κ1) is 28.9. The molecule has 1 aliphatic rings. The molecule has 0 amide bonds. The highest BCUT2D eigenvalue weighted by atomic mass is 28.3. The number of benzene rings is 1. The molecule has 1 aromatic carbocycles. The van der Waals surface area contributed by atoms with Crippen molar-refractivity contribution < 1.29 is 47.6 Å². The molecule has 1 aromatic rings. The van der Waals surface area contributed by atoms with Gasteiger partial charge in [0.1, 0.15) is 26.5 Å². The van der Waals surface area contributed by atoms with Crippen molar-refractivity contribution in [3.05, 3.63) is 29.8 Å². The highest BCUT2D eigenvalue weighted by Gasteiger charge is 2.53. The van der Waals surface area contributed by atoms with Gasteiger partial charge in [-0.1, -0.05) is 25.6 Å². The molecule has 0 N–H and O–H groups in total. The maximum atomic E-state index is 11.9. The average Bonchev–Trinajstić information content (AvgIpc) is 2.74. The highest BCUT2D eigenvalue weighted by Crippen LogP contribution is 2.31. The second-order valence-corrected chi connectivity index (χ2v) is 14.0. The number of hydrogen-bond donors (Lipinski definition) is 0. The summed E-state index contributed by atoms with van der Waals surface area (Å²) in [6, 6.07) is 6.88. The first-order chi connectivity index (χ1) is 16.7. The zero-order chi connectivity index (χ0) is 27.0. The normalized spacial score (nSPS) is 23.4. The molecule has 0 bridgehead atoms. The van der Waals surface area contributed by atoms with E-state index in [0.29, 0.717) is 5.75 Å². The second-order valence-electron chi connectivity index (χ2n) is 9.21. The fraction of sp³-hybridized carbons (Fsp3) is 0.520. The molecule has 0 aliphatic carbocycles. The quantitative estimate of drug-likeness (QED) is 0.229. The van der Waals surface area contributed by atoms with Crippen LogP contribution in [0.25, 0.3) is 0 Å². The highest BCUT2D eigenvalue weighted by molar-refractivity contribution is 6.83. The summed E-state index contributed by atoms with van der Waals surface area (Å²) in [4.78, 5) is 47.0. The van der Waals surface area contributed by atoms with Gasteiger partial charge in [0.15, 0.2) is 12.2 Å². The standard InChI is InChI=1S/C25H32O10Si/c1-15(26)30-14-21-22(31-16(2)27)23(32-17(3)28)24(33-18(4)29)25(35-21)34-20-10-8-19(9-11-20)12-13-36(5,6)7/h8-11,21-25H,14H2,1-7H3/t21?,22-,23+,24?,25+/m1/s1. The van der Waals surface area contributed by atoms with Crippen LogP contribution in [-0.2, 0) is 42.9 Å². The van der Waals surface area contributed by atoms with Crippen molar-refractivity contribution in [3.8, 4) is 17.2 Å². The van der Waals surface area contributed by atoms with Crippen LogP contribution in [0.15, 0.2) is 24.3 Å². The maximum Gasteiger partial charge on any atom is 0.303 e. The molecule has 2 rings (SSSR count). The van der Waals surface area contributed by atoms with Gasteiger partial charge in [-0.2, -0.15) is 0 Å². The average molecular weight is 521 g/mol. The summed E-state index contributed by atoms with van der Waals surface area (Å²) >= 11 is 0. The van der Waals surface area contributed by atoms with Gasteiger partial charge in [-0.05, 0) is 24.3 Å². The van der Waals surface area contributed by atoms with E-state index in [2.05, 4.69) is 31.1 Å². The molecule has 2 unspecified atom stereocenters. The maximum absolute atomic E-state index is 11.9. The lowest BCUT2D eigenvalue weighted by molar-refractivity contribution is -0.288. The molecule has 0 radical (unpaired) electrons. The number of rotatable bonds is 7. The van der Waals surface area contributed by atoms with Crippen LogP contribution < -0.4 is 4.74 Å². The molecule has 1 fully saturated rings. The van der Waals surface area contributed by atoms with Gasteiger partial charge in [-0.25, -0.2) is 0 Å². The van der Waals surface area contributed by atoms with Crippen LogP contribution in [0.5, 0.6) is 5.75 Å². The lowest BCUT2D eigenvalue weighted by atomic mass is 9.98. The molecule has 5 atom stereocenters. The molecule has 10 nitrogen and oxygen atoms in total. The van der Waals surface area contributed by atoms with Crippen molar-refractivity contribution in [2.45, 2.75) is 78.0 Å². The molecule has 11 heteroatoms. The topological polar surface area (TPSA) is 124 Å². The smallest absolute Gasteiger partial charge is 0.303 e. The summed E-state index contributed by atoms with van der Waals surface area (Å²) < 4.78 is 33.1. The largest absolute Gasteiger partial charge is 0.463 e. The minimum absolute atomic E-state index is 0.330. The van der Waals surface area contributed by atoms with E-state index in [1.54, 1.807) is 24.3 Å². The van der Waals surface area contributed by atoms with Crippen molar-refractivity contribution in [2.75, 3.05) is 6.61 Å². The van der Waals surface area contributed by atoms with E-state index in [4.69, 9.17) is 28.4 Å². The Morgan fingerprint density at radius 3 is 1.83 bits per heavy atom. The predicted molar refractivity (Wildman–Crippen MR) is 129 cm³/mol. The summed E-state index contributed by atoms with van der Waals surface area (Å²) in [5.74, 6) is 0.773. The third-order valence-electron chi connectivity index (χ3n) is 4.64. The van der Waals surface area contributed by atoms with Gasteiger partial charge in [-0.3, -0.25) is 19.2 Å². The summed E-state index contributed by atoms with van der Waals surface area (Å²) in [6.07, 6.45) is -6.20. The van der Waals surface area contributed by atoms with E-state index in [1.165, 1.54) is 13.8 Å². The Morgan fingerprint density at radius 2 is 1.33 bits per heavy atom. The SMILES string of the molecule is CC(=O)OCC1O[C@H](Oc2ccc(C#C[Si](C)(C)C)cc2)C(OC(C)=O)[C@@H](OC(C)=O)[C@@H]1OC(C)=O. The van der Waals surface area contributed by atoms with E-state index in [9.17, 15) is 19.2 Å². The summed E-state index contributed by atoms with van der Waals surface area (Å²) in [6.45, 7) is 10.8. The number of carbonyl (C=O) groups excluding carboxylic acids is 4. The molecule has 36 heavy (non-hydrogen) atoms. The molecule has 0 aromatic heterocycles. The van der Waals surface area contributed by atoms with E-state index in [0.717, 1.165) is 19.4 Å². The Bertz CT molecular complexity index is 1020. The Kier molecular flexibility index (Phi) is 10.1. The van der Waals surface area contributed by atoms with Crippen LogP contribution in [0, 0.1) is 11.5 Å². The molecule has 0 saturated carbocycles. The zero-order valence-corrected chi connectivity index (χ0v) is 22.5. The zero-order valence-electron chi connectivity index (χ0n) is 21.5. The molecule has 1 heterocycles. The Morgan fingerprint density at radius 1 is 0.806 bits per heavy atom. The van der Waals surface area contributed by atoms with E-state index >= 15 is 0 Å². The van der Waals surface area contributed by atoms with Gasteiger partial charge in [0.2, 0.25) is 12.4 Å². The summed E-state index contributed by atoms with van der Waals surface area (Å²) in [5, 5.41) is 0. The third kappa shape index (κ3) is 9.35. The molecule has 1 aliphatic heterocycles. The number of hydrogen-bond acceptors (Lipinski definition) is 10. The van der Waals surface area contributed by atoms with Crippen molar-refractivity contribution in [1.29, 1.82) is 0 Å². The Hall–Kier alpha value is -3.36. The van der Waals surface area contributed by atoms with Gasteiger partial charge in [0, 0.05) is 33.3 Å². The van der Waals surface area contributed by atoms with E-state index in [-0.39, 0.29) is 6.61 Å². The first-order valence-electron chi connectivity index (χ1n) is 11.4. The fourth-order valence-corrected chi connectivity index (χ4v) is 3.81. The summed E-state index contributed by atoms with van der Waals surface area (Å²) in [7, 11) is -1.55. The van der Waals surface area contributed by atoms with Gasteiger partial charge >= 0.3 is 23.9 Å². The number of esters is 4. The Labute approximate surface area is 211 Å². The van der Waals surface area contributed by atoms with Gasteiger partial charge in [-0.15, -0.1) is 5.54 Å². The first-order valence-corrected chi connectivity index (χ1v) is 14.9. The van der Waals surface area contributed by atoms with Crippen LogP contribution in [0.1, 0.15) is 33.3 Å². The van der Waals surface area contributed by atoms with Gasteiger partial charge < -0.3 is 28.4 Å². The predicted octanol–water partition coefficient (Wildman–Crippen LogP) is 2.38. The minimum Gasteiger partial charge on any atom is -0.463 e. The lowest BCUT2D eigenvalue weighted by Crippen LogP contribution is -2.63. The molecule has 196 valence electrons. The van der Waals surface area contributed by atoms with E-state index in [1.807, 2.05) is 0 Å². The van der Waals surface area contributed by atoms with Crippen LogP contribution in [-0.4, -0.2) is 69.3 Å². The van der Waals surface area contributed by atoms with Crippen LogP contribution in [0.2, 0.25) is 19.6 Å². The fourth-order valence-electron chi connectivity index (χ4n) is 3.29. The van der Waals surface area contributed by atoms with Crippen molar-refractivity contribution in [3.63, 3.8) is 0 Å². The van der Waals surface area contributed by atoms with Gasteiger partial charge in [0.25, 0.3) is 0 Å². The molecular weight excluding hydrogens is 488 g/mol. The monoisotopic (exact) mass is 520 g/mol. The number of carbonyl (C=O) groups is 4. The molecule has 0 spiro atoms. The second kappa shape index (κ2) is 12.6.